The van der Waals surface area contributed by atoms with E-state index in [4.69, 9.17) is 5.14 Å². The van der Waals surface area contributed by atoms with Crippen molar-refractivity contribution in [2.24, 2.45) is 9.50 Å². The number of carbonyl (C=O) groups excluding carboxylic acids is 1. The standard InChI is InChI=1S/C19H24N4O4S2/c1-19(2,26)17-21-9-15(28-17)29(20,27)23-18(25)22-16-11-5-3-4-10(11)8-13-12(16)6-7-14(13)24/h8-9,14,24,26H,3-7H2,1-2H3,(H3,20,22,23,25,27)/t14-,29-/m1/s1. The third kappa shape index (κ3) is 3.82. The first-order valence-electron chi connectivity index (χ1n) is 9.46. The van der Waals surface area contributed by atoms with Crippen LogP contribution in [0.2, 0.25) is 0 Å². The normalized spacial score (nSPS) is 20.1. The van der Waals surface area contributed by atoms with Gasteiger partial charge in [0, 0.05) is 5.69 Å². The fraction of sp³-hybridized carbons (Fsp3) is 0.474. The number of carbonyl (C=O) groups is 1. The van der Waals surface area contributed by atoms with Crippen molar-refractivity contribution in [3.63, 3.8) is 0 Å². The number of thiazole rings is 1. The molecule has 0 bridgehead atoms. The molecular formula is C19H24N4O4S2. The number of amides is 2. The SMILES string of the molecule is CC(C)(O)c1ncc([S@](N)(=O)=NC(=O)Nc2c3c(cc4c2CC[C@H]4O)CCC3)s1. The van der Waals surface area contributed by atoms with Crippen LogP contribution in [0, 0.1) is 0 Å². The average molecular weight is 437 g/mol. The van der Waals surface area contributed by atoms with Gasteiger partial charge in [-0.25, -0.2) is 19.1 Å². The first-order chi connectivity index (χ1) is 13.6. The highest BCUT2D eigenvalue weighted by molar-refractivity contribution is 7.93. The monoisotopic (exact) mass is 436 g/mol. The van der Waals surface area contributed by atoms with Gasteiger partial charge in [-0.15, -0.1) is 15.7 Å². The van der Waals surface area contributed by atoms with Gasteiger partial charge in [-0.1, -0.05) is 6.07 Å². The third-order valence-electron chi connectivity index (χ3n) is 5.32. The molecule has 10 heteroatoms. The summed E-state index contributed by atoms with van der Waals surface area (Å²) in [7, 11) is -3.50. The molecule has 0 saturated carbocycles. The Morgan fingerprint density at radius 1 is 1.38 bits per heavy atom. The largest absolute Gasteiger partial charge is 0.388 e. The number of nitrogens with one attached hydrogen (secondary N) is 1. The molecule has 2 aliphatic carbocycles. The number of fused-ring (bicyclic) bond motifs is 2. The molecule has 1 heterocycles. The predicted octanol–water partition coefficient (Wildman–Crippen LogP) is 2.77. The van der Waals surface area contributed by atoms with Crippen molar-refractivity contribution in [3.8, 4) is 0 Å². The van der Waals surface area contributed by atoms with E-state index in [1.54, 1.807) is 13.8 Å². The van der Waals surface area contributed by atoms with Gasteiger partial charge >= 0.3 is 6.03 Å². The minimum Gasteiger partial charge on any atom is -0.388 e. The first kappa shape index (κ1) is 20.4. The number of aliphatic hydroxyl groups excluding tert-OH is 1. The summed E-state index contributed by atoms with van der Waals surface area (Å²) < 4.78 is 16.7. The van der Waals surface area contributed by atoms with Crippen LogP contribution >= 0.6 is 11.3 Å². The van der Waals surface area contributed by atoms with E-state index in [0.717, 1.165) is 52.9 Å². The molecule has 8 nitrogen and oxygen atoms in total. The Kier molecular flexibility index (Phi) is 5.02. The van der Waals surface area contributed by atoms with Crippen molar-refractivity contribution >= 4 is 33.0 Å². The van der Waals surface area contributed by atoms with Crippen molar-refractivity contribution < 1.29 is 19.2 Å². The molecule has 0 spiro atoms. The number of aryl methyl sites for hydroxylation is 1. The van der Waals surface area contributed by atoms with Gasteiger partial charge < -0.3 is 15.5 Å². The first-order valence-corrected chi connectivity index (χ1v) is 11.9. The summed E-state index contributed by atoms with van der Waals surface area (Å²) in [5.74, 6) is 0. The van der Waals surface area contributed by atoms with Gasteiger partial charge in [-0.2, -0.15) is 0 Å². The van der Waals surface area contributed by atoms with Crippen molar-refractivity contribution in [3.05, 3.63) is 39.5 Å². The Bertz CT molecular complexity index is 1110. The molecular weight excluding hydrogens is 412 g/mol. The van der Waals surface area contributed by atoms with Gasteiger partial charge in [0.05, 0.1) is 12.3 Å². The summed E-state index contributed by atoms with van der Waals surface area (Å²) in [4.78, 5) is 16.7. The van der Waals surface area contributed by atoms with Crippen molar-refractivity contribution in [1.82, 2.24) is 4.98 Å². The molecule has 2 aromatic rings. The van der Waals surface area contributed by atoms with Crippen LogP contribution in [0.25, 0.3) is 0 Å². The van der Waals surface area contributed by atoms with E-state index in [0.29, 0.717) is 23.5 Å². The van der Waals surface area contributed by atoms with Crippen LogP contribution in [0.3, 0.4) is 0 Å². The molecule has 0 radical (unpaired) electrons. The second-order valence-corrected chi connectivity index (χ2v) is 11.0. The maximum Gasteiger partial charge on any atom is 0.354 e. The molecule has 4 rings (SSSR count). The lowest BCUT2D eigenvalue weighted by Crippen LogP contribution is -2.18. The van der Waals surface area contributed by atoms with Crippen LogP contribution in [0.4, 0.5) is 10.5 Å². The van der Waals surface area contributed by atoms with Gasteiger partial charge in [-0.05, 0) is 68.2 Å². The van der Waals surface area contributed by atoms with Gasteiger partial charge in [-0.3, -0.25) is 0 Å². The molecule has 0 saturated heterocycles. The highest BCUT2D eigenvalue weighted by Gasteiger charge is 2.29. The lowest BCUT2D eigenvalue weighted by Gasteiger charge is -2.15. The van der Waals surface area contributed by atoms with E-state index in [-0.39, 0.29) is 4.21 Å². The van der Waals surface area contributed by atoms with E-state index in [9.17, 15) is 19.2 Å². The van der Waals surface area contributed by atoms with Crippen LogP contribution < -0.4 is 10.5 Å². The highest BCUT2D eigenvalue weighted by atomic mass is 32.2. The zero-order chi connectivity index (χ0) is 21.0. The number of urea groups is 1. The number of aliphatic hydroxyl groups is 2. The van der Waals surface area contributed by atoms with Crippen LogP contribution in [-0.4, -0.2) is 25.4 Å². The lowest BCUT2D eigenvalue weighted by atomic mass is 9.98. The minimum atomic E-state index is -3.50. The topological polar surface area (TPSA) is 138 Å². The Morgan fingerprint density at radius 2 is 2.14 bits per heavy atom. The molecule has 0 fully saturated rings. The molecule has 156 valence electrons. The van der Waals surface area contributed by atoms with Crippen molar-refractivity contribution in [1.29, 1.82) is 0 Å². The summed E-state index contributed by atoms with van der Waals surface area (Å²) in [5.41, 5.74) is 3.45. The number of aromatic nitrogens is 1. The number of anilines is 1. The second-order valence-electron chi connectivity index (χ2n) is 8.00. The van der Waals surface area contributed by atoms with Gasteiger partial charge in [0.2, 0.25) is 0 Å². The zero-order valence-electron chi connectivity index (χ0n) is 16.3. The Labute approximate surface area is 173 Å². The fourth-order valence-electron chi connectivity index (χ4n) is 3.94. The highest BCUT2D eigenvalue weighted by Crippen LogP contribution is 2.42. The molecule has 2 aliphatic rings. The van der Waals surface area contributed by atoms with E-state index in [2.05, 4.69) is 14.7 Å². The van der Waals surface area contributed by atoms with E-state index in [1.165, 1.54) is 6.20 Å². The number of nitrogens with zero attached hydrogens (tertiary/aromatic N) is 2. The number of hydrogen-bond acceptors (Lipinski definition) is 6. The molecule has 0 unspecified atom stereocenters. The average Bonchev–Trinajstić information content (AvgIpc) is 3.33. The molecule has 1 aromatic heterocycles. The van der Waals surface area contributed by atoms with Crippen molar-refractivity contribution in [2.75, 3.05) is 5.32 Å². The van der Waals surface area contributed by atoms with Gasteiger partial charge in [0.15, 0.2) is 9.92 Å². The maximum absolute atomic E-state index is 12.8. The summed E-state index contributed by atoms with van der Waals surface area (Å²) in [6.07, 6.45) is 4.78. The van der Waals surface area contributed by atoms with Crippen molar-refractivity contribution in [2.45, 2.75) is 61.9 Å². The quantitative estimate of drug-likeness (QED) is 0.586. The second kappa shape index (κ2) is 7.13. The number of nitrogens with two attached hydrogens (primary N) is 1. The molecule has 5 N–H and O–H groups in total. The van der Waals surface area contributed by atoms with Gasteiger partial charge in [0.1, 0.15) is 14.8 Å². The van der Waals surface area contributed by atoms with Crippen LogP contribution in [0.1, 0.15) is 60.1 Å². The summed E-state index contributed by atoms with van der Waals surface area (Å²) in [6, 6.07) is 1.25. The zero-order valence-corrected chi connectivity index (χ0v) is 17.9. The van der Waals surface area contributed by atoms with Crippen LogP contribution in [-0.2, 0) is 34.8 Å². The van der Waals surface area contributed by atoms with E-state index >= 15 is 0 Å². The van der Waals surface area contributed by atoms with Crippen LogP contribution in [0.15, 0.2) is 20.8 Å². The minimum absolute atomic E-state index is 0.128. The Hall–Kier alpha value is -1.85. The smallest absolute Gasteiger partial charge is 0.354 e. The molecule has 2 atom stereocenters. The number of rotatable bonds is 3. The Morgan fingerprint density at radius 3 is 2.83 bits per heavy atom. The van der Waals surface area contributed by atoms with Crippen LogP contribution in [0.5, 0.6) is 0 Å². The fourth-order valence-corrected chi connectivity index (χ4v) is 6.01. The lowest BCUT2D eigenvalue weighted by molar-refractivity contribution is 0.0783. The predicted molar refractivity (Wildman–Crippen MR) is 111 cm³/mol. The van der Waals surface area contributed by atoms with E-state index in [1.807, 2.05) is 6.07 Å². The van der Waals surface area contributed by atoms with Gasteiger partial charge in [0.25, 0.3) is 0 Å². The summed E-state index contributed by atoms with van der Waals surface area (Å²) >= 11 is 0.967. The summed E-state index contributed by atoms with van der Waals surface area (Å²) in [6.45, 7) is 3.12. The molecule has 0 aliphatic heterocycles. The number of hydrogen-bond donors (Lipinski definition) is 4. The molecule has 29 heavy (non-hydrogen) atoms. The third-order valence-corrected chi connectivity index (χ3v) is 8.51. The molecule has 2 amide bonds. The summed E-state index contributed by atoms with van der Waals surface area (Å²) in [5, 5.41) is 29.2. The Balaban J connectivity index is 1.66. The maximum atomic E-state index is 12.8. The van der Waals surface area contributed by atoms with E-state index < -0.39 is 27.7 Å². The number of benzene rings is 1. The molecule has 1 aromatic carbocycles.